The minimum absolute atomic E-state index is 0.109. The van der Waals surface area contributed by atoms with Gasteiger partial charge in [0.1, 0.15) is 5.75 Å². The first-order chi connectivity index (χ1) is 8.13. The van der Waals surface area contributed by atoms with Gasteiger partial charge in [-0.1, -0.05) is 0 Å². The van der Waals surface area contributed by atoms with Crippen LogP contribution in [0.2, 0.25) is 0 Å². The lowest BCUT2D eigenvalue weighted by Crippen LogP contribution is -1.98. The van der Waals surface area contributed by atoms with Crippen molar-refractivity contribution in [2.45, 2.75) is 0 Å². The third-order valence-electron chi connectivity index (χ3n) is 2.18. The molecule has 1 aromatic carbocycles. The third-order valence-corrected chi connectivity index (χ3v) is 2.80. The lowest BCUT2D eigenvalue weighted by molar-refractivity contribution is 0.0691. The molecule has 0 saturated heterocycles. The first kappa shape index (κ1) is 11.7. The molecule has 1 heterocycles. The summed E-state index contributed by atoms with van der Waals surface area (Å²) in [6.07, 6.45) is 1.11. The van der Waals surface area contributed by atoms with Gasteiger partial charge < -0.3 is 14.3 Å². The maximum atomic E-state index is 10.9. The average Bonchev–Trinajstić information content (AvgIpc) is 2.77. The predicted octanol–water partition coefficient (Wildman–Crippen LogP) is 2.81. The average molecular weight is 298 g/mol. The summed E-state index contributed by atoms with van der Waals surface area (Å²) in [4.78, 5) is 14.6. The number of methoxy groups -OCH3 is 1. The second kappa shape index (κ2) is 4.58. The van der Waals surface area contributed by atoms with Crippen LogP contribution in [0.5, 0.6) is 5.75 Å². The summed E-state index contributed by atoms with van der Waals surface area (Å²) in [6.45, 7) is 0. The molecule has 0 unspecified atom stereocenters. The molecule has 0 aliphatic heterocycles. The Kier molecular flexibility index (Phi) is 3.14. The minimum Gasteiger partial charge on any atom is -0.496 e. The molecule has 5 nitrogen and oxygen atoms in total. The molecular weight excluding hydrogens is 290 g/mol. The number of aromatic nitrogens is 1. The summed E-state index contributed by atoms with van der Waals surface area (Å²) in [6, 6.07) is 5.13. The van der Waals surface area contributed by atoms with Crippen molar-refractivity contribution in [2.24, 2.45) is 0 Å². The van der Waals surface area contributed by atoms with E-state index in [1.165, 1.54) is 0 Å². The number of rotatable bonds is 3. The molecule has 0 fully saturated rings. The van der Waals surface area contributed by atoms with Crippen molar-refractivity contribution < 1.29 is 19.1 Å². The second-order valence-electron chi connectivity index (χ2n) is 3.18. The number of halogens is 1. The van der Waals surface area contributed by atoms with E-state index in [9.17, 15) is 4.79 Å². The number of benzene rings is 1. The lowest BCUT2D eigenvalue weighted by atomic mass is 10.1. The van der Waals surface area contributed by atoms with Crippen LogP contribution < -0.4 is 4.74 Å². The second-order valence-corrected chi connectivity index (χ2v) is 4.04. The molecule has 2 rings (SSSR count). The largest absolute Gasteiger partial charge is 0.496 e. The van der Waals surface area contributed by atoms with Crippen LogP contribution in [-0.2, 0) is 0 Å². The third kappa shape index (κ3) is 2.16. The van der Waals surface area contributed by atoms with Crippen LogP contribution in [-0.4, -0.2) is 23.2 Å². The summed E-state index contributed by atoms with van der Waals surface area (Å²) in [5.41, 5.74) is 0.509. The number of carboxylic acid groups (broad SMARTS) is 1. The predicted molar refractivity (Wildman–Crippen MR) is 63.2 cm³/mol. The molecule has 6 heteroatoms. The Bertz CT molecular complexity index is 564. The highest BCUT2D eigenvalue weighted by Crippen LogP contribution is 2.31. The molecule has 0 atom stereocenters. The number of ether oxygens (including phenoxy) is 1. The van der Waals surface area contributed by atoms with Crippen LogP contribution in [0.4, 0.5) is 0 Å². The molecule has 0 bridgehead atoms. The van der Waals surface area contributed by atoms with Crippen LogP contribution in [0, 0.1) is 0 Å². The molecule has 0 radical (unpaired) electrons. The van der Waals surface area contributed by atoms with Crippen LogP contribution in [0.25, 0.3) is 11.3 Å². The fraction of sp³-hybridized carbons (Fsp3) is 0.0909. The van der Waals surface area contributed by atoms with E-state index in [2.05, 4.69) is 20.9 Å². The van der Waals surface area contributed by atoms with E-state index in [-0.39, 0.29) is 11.5 Å². The number of carbonyl (C=O) groups is 1. The van der Waals surface area contributed by atoms with Gasteiger partial charge in [0.05, 0.1) is 11.6 Å². The molecule has 0 saturated carbocycles. The summed E-state index contributed by atoms with van der Waals surface area (Å²) in [5, 5.41) is 8.93. The SMILES string of the molecule is COc1ccc(-c2ocnc2C(=O)O)cc1Br. The molecule has 0 aliphatic rings. The van der Waals surface area contributed by atoms with Crippen molar-refractivity contribution in [3.8, 4) is 17.1 Å². The monoisotopic (exact) mass is 297 g/mol. The Balaban J connectivity index is 2.50. The Morgan fingerprint density at radius 2 is 2.29 bits per heavy atom. The Morgan fingerprint density at radius 3 is 2.88 bits per heavy atom. The van der Waals surface area contributed by atoms with E-state index < -0.39 is 5.97 Å². The summed E-state index contributed by atoms with van der Waals surface area (Å²) in [5.74, 6) is -0.244. The minimum atomic E-state index is -1.12. The van der Waals surface area contributed by atoms with E-state index in [4.69, 9.17) is 14.3 Å². The Labute approximate surface area is 105 Å². The van der Waals surface area contributed by atoms with E-state index in [0.29, 0.717) is 15.8 Å². The van der Waals surface area contributed by atoms with Gasteiger partial charge in [0, 0.05) is 5.56 Å². The normalized spacial score (nSPS) is 10.2. The number of hydrogen-bond donors (Lipinski definition) is 1. The maximum absolute atomic E-state index is 10.9. The molecule has 0 amide bonds. The molecule has 1 aromatic heterocycles. The first-order valence-electron chi connectivity index (χ1n) is 4.64. The summed E-state index contributed by atoms with van der Waals surface area (Å²) >= 11 is 3.32. The molecule has 0 spiro atoms. The molecule has 88 valence electrons. The molecule has 0 aliphatic carbocycles. The van der Waals surface area contributed by atoms with Gasteiger partial charge in [-0.15, -0.1) is 0 Å². The highest BCUT2D eigenvalue weighted by Gasteiger charge is 2.17. The van der Waals surface area contributed by atoms with Gasteiger partial charge in [0.2, 0.25) is 0 Å². The van der Waals surface area contributed by atoms with Crippen molar-refractivity contribution in [3.63, 3.8) is 0 Å². The van der Waals surface area contributed by atoms with Gasteiger partial charge in [-0.25, -0.2) is 9.78 Å². The standard InChI is InChI=1S/C11H8BrNO4/c1-16-8-3-2-6(4-7(8)12)10-9(11(14)15)13-5-17-10/h2-5H,1H3,(H,14,15). The van der Waals surface area contributed by atoms with E-state index in [1.807, 2.05) is 0 Å². The Hall–Kier alpha value is -1.82. The van der Waals surface area contributed by atoms with Crippen LogP contribution in [0.3, 0.4) is 0 Å². The summed E-state index contributed by atoms with van der Waals surface area (Å²) in [7, 11) is 1.55. The highest BCUT2D eigenvalue weighted by molar-refractivity contribution is 9.10. The smallest absolute Gasteiger partial charge is 0.358 e. The fourth-order valence-corrected chi connectivity index (χ4v) is 1.95. The Morgan fingerprint density at radius 1 is 1.53 bits per heavy atom. The van der Waals surface area contributed by atoms with E-state index in [0.717, 1.165) is 6.39 Å². The van der Waals surface area contributed by atoms with Gasteiger partial charge in [0.15, 0.2) is 17.8 Å². The number of aromatic carboxylic acids is 1. The number of carboxylic acids is 1. The van der Waals surface area contributed by atoms with E-state index >= 15 is 0 Å². The van der Waals surface area contributed by atoms with E-state index in [1.54, 1.807) is 25.3 Å². The van der Waals surface area contributed by atoms with Gasteiger partial charge in [-0.05, 0) is 34.1 Å². The van der Waals surface area contributed by atoms with Crippen molar-refractivity contribution in [2.75, 3.05) is 7.11 Å². The van der Waals surface area contributed by atoms with Crippen molar-refractivity contribution >= 4 is 21.9 Å². The molecular formula is C11H8BrNO4. The van der Waals surface area contributed by atoms with Crippen molar-refractivity contribution in [1.82, 2.24) is 4.98 Å². The first-order valence-corrected chi connectivity index (χ1v) is 5.43. The molecule has 2 aromatic rings. The molecule has 17 heavy (non-hydrogen) atoms. The topological polar surface area (TPSA) is 72.6 Å². The lowest BCUT2D eigenvalue weighted by Gasteiger charge is -2.04. The zero-order valence-electron chi connectivity index (χ0n) is 8.81. The van der Waals surface area contributed by atoms with Gasteiger partial charge in [0.25, 0.3) is 0 Å². The number of oxazole rings is 1. The summed E-state index contributed by atoms with van der Waals surface area (Å²) < 4.78 is 10.9. The molecule has 1 N–H and O–H groups in total. The van der Waals surface area contributed by atoms with Gasteiger partial charge in [-0.2, -0.15) is 0 Å². The maximum Gasteiger partial charge on any atom is 0.358 e. The number of nitrogens with zero attached hydrogens (tertiary/aromatic N) is 1. The number of hydrogen-bond acceptors (Lipinski definition) is 4. The van der Waals surface area contributed by atoms with Crippen LogP contribution >= 0.6 is 15.9 Å². The van der Waals surface area contributed by atoms with Crippen molar-refractivity contribution in [3.05, 3.63) is 34.8 Å². The zero-order valence-corrected chi connectivity index (χ0v) is 10.4. The van der Waals surface area contributed by atoms with Crippen LogP contribution in [0.1, 0.15) is 10.5 Å². The fourth-order valence-electron chi connectivity index (χ4n) is 1.41. The quantitative estimate of drug-likeness (QED) is 0.943. The highest BCUT2D eigenvalue weighted by atomic mass is 79.9. The van der Waals surface area contributed by atoms with Gasteiger partial charge >= 0.3 is 5.97 Å². The zero-order chi connectivity index (χ0) is 12.4. The van der Waals surface area contributed by atoms with Crippen molar-refractivity contribution in [1.29, 1.82) is 0 Å². The van der Waals surface area contributed by atoms with Crippen LogP contribution in [0.15, 0.2) is 33.5 Å². The van der Waals surface area contributed by atoms with Gasteiger partial charge in [-0.3, -0.25) is 0 Å².